The molecule has 0 saturated heterocycles. The van der Waals surface area contributed by atoms with E-state index in [0.717, 1.165) is 0 Å². The van der Waals surface area contributed by atoms with Gasteiger partial charge in [0.15, 0.2) is 17.2 Å². The number of aliphatic hydroxyl groups excluding tert-OH is 1. The number of phosphoric acid groups is 1. The molecule has 0 bridgehead atoms. The smallest absolute Gasteiger partial charge is 0.404 e. The second kappa shape index (κ2) is 9.08. The number of ketones is 2. The number of Topliss-reactive ketones (excluding diaryl/α,β-unsaturated/α-hetero) is 1. The van der Waals surface area contributed by atoms with Gasteiger partial charge < -0.3 is 20.5 Å². The molecule has 5 N–H and O–H groups in total. The number of nitrogens with two attached hydrogens (primary N) is 1. The van der Waals surface area contributed by atoms with Crippen LogP contribution in [0.3, 0.4) is 0 Å². The average molecular weight is 564 g/mol. The predicted octanol–water partition coefficient (Wildman–Crippen LogP) is 3.68. The van der Waals surface area contributed by atoms with Crippen molar-refractivity contribution in [3.05, 3.63) is 48.1 Å². The minimum Gasteiger partial charge on any atom is -0.404 e. The lowest BCUT2D eigenvalue weighted by Gasteiger charge is -2.62. The molecule has 1 aromatic rings. The van der Waals surface area contributed by atoms with Gasteiger partial charge in [0.25, 0.3) is 0 Å². The molecule has 11 heteroatoms. The van der Waals surface area contributed by atoms with Crippen molar-refractivity contribution in [1.82, 2.24) is 0 Å². The van der Waals surface area contributed by atoms with Crippen molar-refractivity contribution < 1.29 is 42.7 Å². The molecular weight excluding hydrogens is 528 g/mol. The Morgan fingerprint density at radius 3 is 2.56 bits per heavy atom. The number of alkyl halides is 1. The van der Waals surface area contributed by atoms with E-state index in [1.165, 1.54) is 36.4 Å². The predicted molar refractivity (Wildman–Crippen MR) is 140 cm³/mol. The molecule has 5 rings (SSSR count). The Kier molecular flexibility index (Phi) is 6.56. The zero-order valence-electron chi connectivity index (χ0n) is 22.2. The Morgan fingerprint density at radius 2 is 1.90 bits per heavy atom. The van der Waals surface area contributed by atoms with Crippen LogP contribution in [-0.2, 0) is 18.7 Å². The number of halogens is 1. The largest absolute Gasteiger partial charge is 0.527 e. The van der Waals surface area contributed by atoms with E-state index in [0.29, 0.717) is 30.5 Å². The topological polar surface area (TPSA) is 156 Å². The Labute approximate surface area is 226 Å². The maximum absolute atomic E-state index is 17.2. The molecule has 0 spiro atoms. The average Bonchev–Trinajstić information content (AvgIpc) is 3.06. The number of benzene rings is 1. The third kappa shape index (κ3) is 3.98. The number of fused-ring (bicyclic) bond motifs is 5. The lowest BCUT2D eigenvalue weighted by molar-refractivity contribution is -0.219. The van der Waals surface area contributed by atoms with Gasteiger partial charge in [0, 0.05) is 22.4 Å². The first-order valence-electron chi connectivity index (χ1n) is 13.2. The van der Waals surface area contributed by atoms with Crippen LogP contribution in [0.2, 0.25) is 0 Å². The third-order valence-corrected chi connectivity index (χ3v) is 11.0. The van der Waals surface area contributed by atoms with Crippen molar-refractivity contribution in [3.8, 4) is 5.75 Å². The summed E-state index contributed by atoms with van der Waals surface area (Å²) in [5, 5.41) is 23.4. The number of aliphatic hydroxyl groups is 2. The first kappa shape index (κ1) is 28.2. The maximum Gasteiger partial charge on any atom is 0.527 e. The molecule has 3 fully saturated rings. The fraction of sp³-hybridized carbons (Fsp3) is 0.571. The summed E-state index contributed by atoms with van der Waals surface area (Å²) in [7, 11) is -4.73. The summed E-state index contributed by atoms with van der Waals surface area (Å²) in [5.41, 5.74) is 0.105. The first-order chi connectivity index (χ1) is 18.1. The van der Waals surface area contributed by atoms with Gasteiger partial charge in [0.1, 0.15) is 18.0 Å². The second-order valence-electron chi connectivity index (χ2n) is 12.0. The SMILES string of the molecule is C[C@@H]1C[C@H]2[C@@H]3CCC4=CC(=O)C=C[C@]4(C)[C@@]3(F)[C@@H](O)C[C@]2(C)[C@@]1(O)C(=O)COP(=O)(O)Oc1ccc(N)cc1. The number of hydrogen-bond acceptors (Lipinski definition) is 8. The summed E-state index contributed by atoms with van der Waals surface area (Å²) in [6, 6.07) is 5.68. The molecule has 0 amide bonds. The zero-order valence-corrected chi connectivity index (χ0v) is 23.1. The van der Waals surface area contributed by atoms with E-state index in [9.17, 15) is 29.3 Å². The highest BCUT2D eigenvalue weighted by Crippen LogP contribution is 2.70. The van der Waals surface area contributed by atoms with Gasteiger partial charge in [-0.05, 0) is 80.9 Å². The Balaban J connectivity index is 1.40. The number of anilines is 1. The minimum absolute atomic E-state index is 0.00909. The van der Waals surface area contributed by atoms with Crippen molar-refractivity contribution in [2.45, 2.75) is 63.8 Å². The molecule has 212 valence electrons. The van der Waals surface area contributed by atoms with Crippen LogP contribution in [0.1, 0.15) is 46.5 Å². The summed E-state index contributed by atoms with van der Waals surface area (Å²) in [6.07, 6.45) is 3.73. The van der Waals surface area contributed by atoms with Gasteiger partial charge in [0.05, 0.1) is 6.10 Å². The Hall–Kier alpha value is -2.36. The van der Waals surface area contributed by atoms with E-state index in [-0.39, 0.29) is 18.0 Å². The number of nitrogen functional groups attached to an aromatic ring is 1. The van der Waals surface area contributed by atoms with Gasteiger partial charge in [-0.15, -0.1) is 0 Å². The molecule has 1 unspecified atom stereocenters. The quantitative estimate of drug-likeness (QED) is 0.299. The molecule has 0 aliphatic heterocycles. The second-order valence-corrected chi connectivity index (χ2v) is 13.4. The van der Waals surface area contributed by atoms with E-state index in [1.807, 2.05) is 0 Å². The molecular formula is C28H35FNO8P. The van der Waals surface area contributed by atoms with E-state index >= 15 is 4.39 Å². The van der Waals surface area contributed by atoms with E-state index in [4.69, 9.17) is 14.8 Å². The molecule has 3 saturated carbocycles. The molecule has 39 heavy (non-hydrogen) atoms. The molecule has 9 atom stereocenters. The van der Waals surface area contributed by atoms with E-state index < -0.39 is 66.2 Å². The number of carbonyl (C=O) groups is 2. The number of hydrogen-bond donors (Lipinski definition) is 4. The van der Waals surface area contributed by atoms with Crippen molar-refractivity contribution >= 4 is 25.1 Å². The summed E-state index contributed by atoms with van der Waals surface area (Å²) in [6.45, 7) is 4.15. The molecule has 0 aromatic heterocycles. The van der Waals surface area contributed by atoms with Crippen LogP contribution in [0.4, 0.5) is 10.1 Å². The number of carbonyl (C=O) groups excluding carboxylic acids is 2. The van der Waals surface area contributed by atoms with Crippen LogP contribution in [-0.4, -0.2) is 50.7 Å². The van der Waals surface area contributed by atoms with Crippen LogP contribution < -0.4 is 10.3 Å². The van der Waals surface area contributed by atoms with Crippen LogP contribution >= 0.6 is 7.82 Å². The number of allylic oxidation sites excluding steroid dienone is 4. The highest BCUT2D eigenvalue weighted by Gasteiger charge is 2.75. The van der Waals surface area contributed by atoms with Gasteiger partial charge >= 0.3 is 7.82 Å². The summed E-state index contributed by atoms with van der Waals surface area (Å²) >= 11 is 0. The molecule has 0 radical (unpaired) electrons. The number of phosphoric ester groups is 1. The van der Waals surface area contributed by atoms with E-state index in [2.05, 4.69) is 0 Å². The highest BCUT2D eigenvalue weighted by atomic mass is 31.2. The molecule has 9 nitrogen and oxygen atoms in total. The monoisotopic (exact) mass is 563 g/mol. The fourth-order valence-corrected chi connectivity index (χ4v) is 8.80. The third-order valence-electron chi connectivity index (χ3n) is 10.1. The molecule has 4 aliphatic rings. The normalized spacial score (nSPS) is 42.5. The minimum atomic E-state index is -4.73. The lowest BCUT2D eigenvalue weighted by atomic mass is 9.44. The summed E-state index contributed by atoms with van der Waals surface area (Å²) in [5.74, 6) is -2.83. The summed E-state index contributed by atoms with van der Waals surface area (Å²) in [4.78, 5) is 35.7. The van der Waals surface area contributed by atoms with Crippen LogP contribution in [0.5, 0.6) is 5.75 Å². The lowest BCUT2D eigenvalue weighted by Crippen LogP contribution is -2.69. The van der Waals surface area contributed by atoms with Gasteiger partial charge in [-0.3, -0.25) is 19.0 Å². The highest BCUT2D eigenvalue weighted by molar-refractivity contribution is 7.47. The number of rotatable bonds is 6. The first-order valence-corrected chi connectivity index (χ1v) is 14.7. The Morgan fingerprint density at radius 1 is 1.23 bits per heavy atom. The van der Waals surface area contributed by atoms with Gasteiger partial charge in [-0.2, -0.15) is 0 Å². The van der Waals surface area contributed by atoms with Gasteiger partial charge in [-0.1, -0.05) is 25.5 Å². The van der Waals surface area contributed by atoms with Crippen molar-refractivity contribution in [2.24, 2.45) is 28.6 Å². The van der Waals surface area contributed by atoms with Gasteiger partial charge in [0.2, 0.25) is 0 Å². The van der Waals surface area contributed by atoms with Crippen LogP contribution in [0, 0.1) is 28.6 Å². The molecule has 1 aromatic carbocycles. The van der Waals surface area contributed by atoms with Crippen LogP contribution in [0.25, 0.3) is 0 Å². The Bertz CT molecular complexity index is 1310. The van der Waals surface area contributed by atoms with Crippen molar-refractivity contribution in [3.63, 3.8) is 0 Å². The van der Waals surface area contributed by atoms with Crippen molar-refractivity contribution in [1.29, 1.82) is 0 Å². The zero-order chi connectivity index (χ0) is 28.6. The summed E-state index contributed by atoms with van der Waals surface area (Å²) < 4.78 is 39.8. The van der Waals surface area contributed by atoms with Gasteiger partial charge in [-0.25, -0.2) is 8.96 Å². The maximum atomic E-state index is 17.2. The fourth-order valence-electron chi connectivity index (χ4n) is 8.08. The molecule has 4 aliphatic carbocycles. The molecule has 0 heterocycles. The van der Waals surface area contributed by atoms with Crippen molar-refractivity contribution in [2.75, 3.05) is 12.3 Å². The standard InChI is InChI=1S/C28H35FNO8P/c1-16-12-22-21-9-4-17-13-19(31)10-11-25(17,2)27(21,29)23(32)14-26(22,3)28(16,34)24(33)15-37-39(35,36)38-20-7-5-18(30)6-8-20/h5-8,10-11,13,16,21-23,32,34H,4,9,12,14-15,30H2,1-3H3,(H,35,36)/t16-,21+,22+,23+,25+,26+,27+,28+/m1/s1. The van der Waals surface area contributed by atoms with Crippen LogP contribution in [0.15, 0.2) is 48.1 Å². The van der Waals surface area contributed by atoms with E-state index in [1.54, 1.807) is 26.8 Å².